The standard InChI is InChI=1S/C24H31N3/c1-19(2)21-13-11-20(12-14-21)18-27-23-9-4-3-8-22(23)25-24(27)10-7-17-26-15-5-6-16-26/h3-4,8-9,11-14,19H,5-7,10,15-18H2,1-2H3. The van der Waals surface area contributed by atoms with Crippen molar-refractivity contribution in [2.24, 2.45) is 0 Å². The molecule has 1 aromatic heterocycles. The fraction of sp³-hybridized carbons (Fsp3) is 0.458. The number of imidazole rings is 1. The highest BCUT2D eigenvalue weighted by Crippen LogP contribution is 2.21. The highest BCUT2D eigenvalue weighted by Gasteiger charge is 2.14. The van der Waals surface area contributed by atoms with Crippen LogP contribution in [-0.4, -0.2) is 34.1 Å². The van der Waals surface area contributed by atoms with Crippen molar-refractivity contribution in [3.8, 4) is 0 Å². The molecule has 142 valence electrons. The van der Waals surface area contributed by atoms with Crippen LogP contribution in [0.1, 0.15) is 56.0 Å². The minimum Gasteiger partial charge on any atom is -0.323 e. The summed E-state index contributed by atoms with van der Waals surface area (Å²) in [7, 11) is 0. The molecule has 27 heavy (non-hydrogen) atoms. The number of likely N-dealkylation sites (tertiary alicyclic amines) is 1. The first-order valence-corrected chi connectivity index (χ1v) is 10.5. The Bertz CT molecular complexity index is 870. The van der Waals surface area contributed by atoms with Gasteiger partial charge in [-0.1, -0.05) is 50.2 Å². The van der Waals surface area contributed by atoms with E-state index in [9.17, 15) is 0 Å². The quantitative estimate of drug-likeness (QED) is 0.574. The molecule has 3 nitrogen and oxygen atoms in total. The average Bonchev–Trinajstić information content (AvgIpc) is 3.31. The summed E-state index contributed by atoms with van der Waals surface area (Å²) in [5.74, 6) is 1.80. The van der Waals surface area contributed by atoms with Crippen LogP contribution in [-0.2, 0) is 13.0 Å². The van der Waals surface area contributed by atoms with Gasteiger partial charge in [-0.15, -0.1) is 0 Å². The van der Waals surface area contributed by atoms with E-state index in [1.54, 1.807) is 0 Å². The summed E-state index contributed by atoms with van der Waals surface area (Å²) < 4.78 is 2.42. The van der Waals surface area contributed by atoms with Gasteiger partial charge in [0.1, 0.15) is 5.82 Å². The smallest absolute Gasteiger partial charge is 0.110 e. The third-order valence-corrected chi connectivity index (χ3v) is 5.79. The van der Waals surface area contributed by atoms with Crippen LogP contribution < -0.4 is 0 Å². The maximum Gasteiger partial charge on any atom is 0.110 e. The highest BCUT2D eigenvalue weighted by molar-refractivity contribution is 5.76. The van der Waals surface area contributed by atoms with Crippen LogP contribution in [0.5, 0.6) is 0 Å². The van der Waals surface area contributed by atoms with E-state index in [4.69, 9.17) is 4.98 Å². The van der Waals surface area contributed by atoms with Gasteiger partial charge >= 0.3 is 0 Å². The molecule has 0 spiro atoms. The SMILES string of the molecule is CC(C)c1ccc(Cn2c(CCCN3CCCC3)nc3ccccc32)cc1. The molecule has 0 atom stereocenters. The molecule has 0 amide bonds. The third-order valence-electron chi connectivity index (χ3n) is 5.79. The van der Waals surface area contributed by atoms with Gasteiger partial charge in [0, 0.05) is 13.0 Å². The Morgan fingerprint density at radius 2 is 1.70 bits per heavy atom. The van der Waals surface area contributed by atoms with Crippen molar-refractivity contribution < 1.29 is 0 Å². The van der Waals surface area contributed by atoms with Crippen molar-refractivity contribution in [3.63, 3.8) is 0 Å². The number of fused-ring (bicyclic) bond motifs is 1. The van der Waals surface area contributed by atoms with Crippen molar-refractivity contribution in [1.29, 1.82) is 0 Å². The maximum absolute atomic E-state index is 4.96. The van der Waals surface area contributed by atoms with Gasteiger partial charge in [-0.25, -0.2) is 4.98 Å². The summed E-state index contributed by atoms with van der Waals surface area (Å²) in [5, 5.41) is 0. The van der Waals surface area contributed by atoms with Crippen LogP contribution in [0.15, 0.2) is 48.5 Å². The minimum absolute atomic E-state index is 0.578. The van der Waals surface area contributed by atoms with Gasteiger partial charge in [0.25, 0.3) is 0 Å². The van der Waals surface area contributed by atoms with E-state index in [2.05, 4.69) is 71.8 Å². The number of para-hydroxylation sites is 2. The predicted octanol–water partition coefficient (Wildman–Crippen LogP) is 5.24. The first kappa shape index (κ1) is 18.2. The fourth-order valence-corrected chi connectivity index (χ4v) is 4.15. The van der Waals surface area contributed by atoms with Gasteiger partial charge in [0.05, 0.1) is 11.0 Å². The van der Waals surface area contributed by atoms with Crippen LogP contribution in [0.3, 0.4) is 0 Å². The zero-order chi connectivity index (χ0) is 18.6. The Balaban J connectivity index is 1.53. The van der Waals surface area contributed by atoms with Gasteiger partial charge < -0.3 is 9.47 Å². The van der Waals surface area contributed by atoms with Crippen molar-refractivity contribution >= 4 is 11.0 Å². The van der Waals surface area contributed by atoms with E-state index >= 15 is 0 Å². The average molecular weight is 362 g/mol. The van der Waals surface area contributed by atoms with Crippen molar-refractivity contribution in [3.05, 3.63) is 65.5 Å². The molecule has 1 aliphatic heterocycles. The molecule has 3 heteroatoms. The number of hydrogen-bond acceptors (Lipinski definition) is 2. The number of aromatic nitrogens is 2. The summed E-state index contributed by atoms with van der Waals surface area (Å²) in [6.07, 6.45) is 4.97. The lowest BCUT2D eigenvalue weighted by molar-refractivity contribution is 0.332. The zero-order valence-electron chi connectivity index (χ0n) is 16.7. The molecular formula is C24H31N3. The first-order valence-electron chi connectivity index (χ1n) is 10.5. The van der Waals surface area contributed by atoms with Gasteiger partial charge in [0.2, 0.25) is 0 Å². The van der Waals surface area contributed by atoms with Gasteiger partial charge in [-0.2, -0.15) is 0 Å². The summed E-state index contributed by atoms with van der Waals surface area (Å²) in [5.41, 5.74) is 5.12. The number of rotatable bonds is 7. The highest BCUT2D eigenvalue weighted by atomic mass is 15.1. The topological polar surface area (TPSA) is 21.1 Å². The maximum atomic E-state index is 4.96. The van der Waals surface area contributed by atoms with E-state index in [-0.39, 0.29) is 0 Å². The summed E-state index contributed by atoms with van der Waals surface area (Å²) >= 11 is 0. The lowest BCUT2D eigenvalue weighted by Gasteiger charge is -2.15. The Morgan fingerprint density at radius 3 is 2.44 bits per heavy atom. The molecule has 0 N–H and O–H groups in total. The fourth-order valence-electron chi connectivity index (χ4n) is 4.15. The van der Waals surface area contributed by atoms with Crippen LogP contribution in [0.25, 0.3) is 11.0 Å². The predicted molar refractivity (Wildman–Crippen MR) is 113 cm³/mol. The number of nitrogens with zero attached hydrogens (tertiary/aromatic N) is 3. The van der Waals surface area contributed by atoms with Crippen LogP contribution in [0.4, 0.5) is 0 Å². The molecule has 0 radical (unpaired) electrons. The van der Waals surface area contributed by atoms with Crippen LogP contribution in [0, 0.1) is 0 Å². The Labute approximate surface area is 163 Å². The molecule has 4 rings (SSSR count). The second kappa shape index (κ2) is 8.26. The molecule has 0 unspecified atom stereocenters. The molecule has 0 aliphatic carbocycles. The molecule has 3 aromatic rings. The molecular weight excluding hydrogens is 330 g/mol. The van der Waals surface area contributed by atoms with Crippen molar-refractivity contribution in [2.45, 2.75) is 52.0 Å². The molecule has 2 aromatic carbocycles. The zero-order valence-corrected chi connectivity index (χ0v) is 16.7. The molecule has 0 bridgehead atoms. The van der Waals surface area contributed by atoms with E-state index in [1.807, 2.05) is 0 Å². The molecule has 1 saturated heterocycles. The van der Waals surface area contributed by atoms with E-state index in [1.165, 1.54) is 61.4 Å². The lowest BCUT2D eigenvalue weighted by Crippen LogP contribution is -2.21. The Morgan fingerprint density at radius 1 is 0.963 bits per heavy atom. The van der Waals surface area contributed by atoms with Crippen LogP contribution in [0.2, 0.25) is 0 Å². The minimum atomic E-state index is 0.578. The van der Waals surface area contributed by atoms with Gasteiger partial charge in [-0.3, -0.25) is 0 Å². The van der Waals surface area contributed by atoms with Crippen molar-refractivity contribution in [1.82, 2.24) is 14.5 Å². The Hall–Kier alpha value is -2.13. The molecule has 0 saturated carbocycles. The summed E-state index contributed by atoms with van der Waals surface area (Å²) in [6, 6.07) is 17.6. The van der Waals surface area contributed by atoms with Crippen molar-refractivity contribution in [2.75, 3.05) is 19.6 Å². The van der Waals surface area contributed by atoms with Crippen LogP contribution >= 0.6 is 0 Å². The molecule has 1 aliphatic rings. The second-order valence-corrected chi connectivity index (χ2v) is 8.15. The molecule has 1 fully saturated rings. The first-order chi connectivity index (χ1) is 13.2. The van der Waals surface area contributed by atoms with E-state index in [0.29, 0.717) is 5.92 Å². The normalized spacial score (nSPS) is 15.2. The van der Waals surface area contributed by atoms with E-state index in [0.717, 1.165) is 18.5 Å². The third kappa shape index (κ3) is 4.24. The second-order valence-electron chi connectivity index (χ2n) is 8.15. The monoisotopic (exact) mass is 361 g/mol. The van der Waals surface area contributed by atoms with Gasteiger partial charge in [0.15, 0.2) is 0 Å². The number of benzene rings is 2. The summed E-state index contributed by atoms with van der Waals surface area (Å²) in [6.45, 7) is 9.15. The van der Waals surface area contributed by atoms with Gasteiger partial charge in [-0.05, 0) is 68.1 Å². The van der Waals surface area contributed by atoms with E-state index < -0.39 is 0 Å². The number of aryl methyl sites for hydroxylation is 1. The number of hydrogen-bond donors (Lipinski definition) is 0. The summed E-state index contributed by atoms with van der Waals surface area (Å²) in [4.78, 5) is 7.56. The lowest BCUT2D eigenvalue weighted by atomic mass is 10.0. The largest absolute Gasteiger partial charge is 0.323 e. The Kier molecular flexibility index (Phi) is 5.58. The molecule has 2 heterocycles.